The Hall–Kier alpha value is -1.30. The van der Waals surface area contributed by atoms with Crippen molar-refractivity contribution in [2.24, 2.45) is 0 Å². The van der Waals surface area contributed by atoms with E-state index in [2.05, 4.69) is 9.80 Å². The lowest BCUT2D eigenvalue weighted by Gasteiger charge is -2.34. The van der Waals surface area contributed by atoms with Crippen LogP contribution in [0.2, 0.25) is 5.02 Å². The van der Waals surface area contributed by atoms with Gasteiger partial charge in [0.25, 0.3) is 0 Å². The average Bonchev–Trinajstić information content (AvgIpc) is 2.37. The molecule has 0 unspecified atom stereocenters. The number of rotatable bonds is 4. The van der Waals surface area contributed by atoms with Crippen LogP contribution in [0.4, 0.5) is 5.69 Å². The molecule has 1 aromatic rings. The predicted octanol–water partition coefficient (Wildman–Crippen LogP) is 2.38. The van der Waals surface area contributed by atoms with Gasteiger partial charge < -0.3 is 10.5 Å². The number of nitrogens with zero attached hydrogens (tertiary/aromatic N) is 2. The van der Waals surface area contributed by atoms with E-state index in [1.165, 1.54) is 0 Å². The molecule has 128 valence electrons. The Morgan fingerprint density at radius 3 is 2.35 bits per heavy atom. The van der Waals surface area contributed by atoms with Gasteiger partial charge in [-0.15, -0.1) is 0 Å². The Kier molecular flexibility index (Phi) is 5.89. The molecule has 1 fully saturated rings. The fraction of sp³-hybridized carbons (Fsp3) is 0.588. The van der Waals surface area contributed by atoms with Crippen molar-refractivity contribution in [2.75, 3.05) is 38.5 Å². The molecule has 0 radical (unpaired) electrons. The van der Waals surface area contributed by atoms with Gasteiger partial charge in [-0.05, 0) is 44.5 Å². The molecule has 23 heavy (non-hydrogen) atoms. The smallest absolute Gasteiger partial charge is 0.320 e. The van der Waals surface area contributed by atoms with Gasteiger partial charge in [-0.1, -0.05) is 11.6 Å². The van der Waals surface area contributed by atoms with Crippen LogP contribution < -0.4 is 5.73 Å². The van der Waals surface area contributed by atoms with E-state index in [1.54, 1.807) is 6.07 Å². The van der Waals surface area contributed by atoms with Crippen LogP contribution in [0.15, 0.2) is 18.2 Å². The van der Waals surface area contributed by atoms with Crippen LogP contribution >= 0.6 is 11.6 Å². The van der Waals surface area contributed by atoms with E-state index in [9.17, 15) is 4.79 Å². The van der Waals surface area contributed by atoms with Gasteiger partial charge in [-0.25, -0.2) is 0 Å². The molecule has 1 aromatic carbocycles. The molecule has 1 aliphatic heterocycles. The number of nitrogens with two attached hydrogens (primary N) is 1. The third kappa shape index (κ3) is 6.37. The second-order valence-corrected chi connectivity index (χ2v) is 7.47. The highest BCUT2D eigenvalue weighted by atomic mass is 35.5. The number of nitrogen functional groups attached to an aromatic ring is 1. The van der Waals surface area contributed by atoms with Crippen molar-refractivity contribution in [1.29, 1.82) is 0 Å². The first-order valence-electron chi connectivity index (χ1n) is 7.93. The number of carbonyl (C=O) groups is 1. The van der Waals surface area contributed by atoms with E-state index in [-0.39, 0.29) is 5.97 Å². The molecular weight excluding hydrogens is 314 g/mol. The number of hydrogen-bond acceptors (Lipinski definition) is 5. The molecule has 2 N–H and O–H groups in total. The Labute approximate surface area is 143 Å². The Morgan fingerprint density at radius 2 is 1.78 bits per heavy atom. The molecule has 0 aromatic heterocycles. The van der Waals surface area contributed by atoms with Crippen LogP contribution in [0.5, 0.6) is 0 Å². The summed E-state index contributed by atoms with van der Waals surface area (Å²) in [6.07, 6.45) is 0. The van der Waals surface area contributed by atoms with Crippen LogP contribution in [-0.4, -0.2) is 54.1 Å². The number of hydrogen-bond donors (Lipinski definition) is 1. The second kappa shape index (κ2) is 7.51. The first kappa shape index (κ1) is 18.0. The number of halogens is 1. The third-order valence-electron chi connectivity index (χ3n) is 3.62. The van der Waals surface area contributed by atoms with Crippen molar-refractivity contribution < 1.29 is 9.53 Å². The number of ether oxygens (including phenoxy) is 1. The molecule has 5 nitrogen and oxygen atoms in total. The van der Waals surface area contributed by atoms with E-state index in [0.29, 0.717) is 17.3 Å². The second-order valence-electron chi connectivity index (χ2n) is 7.03. The van der Waals surface area contributed by atoms with Crippen LogP contribution in [0.25, 0.3) is 0 Å². The zero-order valence-corrected chi connectivity index (χ0v) is 14.9. The van der Waals surface area contributed by atoms with Crippen molar-refractivity contribution >= 4 is 23.3 Å². The minimum atomic E-state index is -0.425. The highest BCUT2D eigenvalue weighted by Gasteiger charge is 2.22. The zero-order chi connectivity index (χ0) is 17.0. The van der Waals surface area contributed by atoms with Gasteiger partial charge in [0.1, 0.15) is 5.60 Å². The lowest BCUT2D eigenvalue weighted by Crippen LogP contribution is -2.48. The van der Waals surface area contributed by atoms with Gasteiger partial charge >= 0.3 is 5.97 Å². The molecule has 0 amide bonds. The summed E-state index contributed by atoms with van der Waals surface area (Å²) in [5.41, 5.74) is 7.22. The van der Waals surface area contributed by atoms with Crippen LogP contribution in [-0.2, 0) is 16.1 Å². The minimum absolute atomic E-state index is 0.159. The monoisotopic (exact) mass is 339 g/mol. The number of piperazine rings is 1. The first-order chi connectivity index (χ1) is 10.7. The summed E-state index contributed by atoms with van der Waals surface area (Å²) in [5.74, 6) is -0.159. The summed E-state index contributed by atoms with van der Waals surface area (Å²) in [5, 5.41) is 0.670. The largest absolute Gasteiger partial charge is 0.459 e. The lowest BCUT2D eigenvalue weighted by atomic mass is 10.1. The summed E-state index contributed by atoms with van der Waals surface area (Å²) in [7, 11) is 0. The molecule has 1 saturated heterocycles. The quantitative estimate of drug-likeness (QED) is 0.674. The van der Waals surface area contributed by atoms with Crippen LogP contribution in [0.3, 0.4) is 0 Å². The van der Waals surface area contributed by atoms with Gasteiger partial charge in [0.15, 0.2) is 0 Å². The zero-order valence-electron chi connectivity index (χ0n) is 14.1. The fourth-order valence-electron chi connectivity index (χ4n) is 2.69. The van der Waals surface area contributed by atoms with Gasteiger partial charge in [0.05, 0.1) is 6.54 Å². The summed E-state index contributed by atoms with van der Waals surface area (Å²) < 4.78 is 5.37. The number of anilines is 1. The Morgan fingerprint density at radius 1 is 1.17 bits per heavy atom. The van der Waals surface area contributed by atoms with E-state index >= 15 is 0 Å². The molecular formula is C17H26ClN3O2. The van der Waals surface area contributed by atoms with Crippen molar-refractivity contribution in [2.45, 2.75) is 32.9 Å². The maximum absolute atomic E-state index is 11.9. The van der Waals surface area contributed by atoms with Gasteiger partial charge in [-0.3, -0.25) is 14.6 Å². The molecule has 0 aliphatic carbocycles. The SMILES string of the molecule is CC(C)(C)OC(=O)CN1CCN(Cc2cc(N)cc(Cl)c2)CC1. The lowest BCUT2D eigenvalue weighted by molar-refractivity contribution is -0.156. The third-order valence-corrected chi connectivity index (χ3v) is 3.84. The topological polar surface area (TPSA) is 58.8 Å². The van der Waals surface area contributed by atoms with E-state index in [1.807, 2.05) is 32.9 Å². The Bertz CT molecular complexity index is 529. The van der Waals surface area contributed by atoms with Crippen molar-refractivity contribution in [1.82, 2.24) is 9.80 Å². The van der Waals surface area contributed by atoms with Crippen molar-refractivity contribution in [3.8, 4) is 0 Å². The standard InChI is InChI=1S/C17H26ClN3O2/c1-17(2,3)23-16(22)12-21-6-4-20(5-7-21)11-13-8-14(18)10-15(19)9-13/h8-10H,4-7,11-12,19H2,1-3H3. The molecule has 2 rings (SSSR count). The van der Waals surface area contributed by atoms with Crippen molar-refractivity contribution in [3.05, 3.63) is 28.8 Å². The van der Waals surface area contributed by atoms with E-state index in [0.717, 1.165) is 38.3 Å². The van der Waals surface area contributed by atoms with Gasteiger partial charge in [0.2, 0.25) is 0 Å². The Balaban J connectivity index is 1.78. The number of carbonyl (C=O) groups excluding carboxylic acids is 1. The summed E-state index contributed by atoms with van der Waals surface area (Å²) in [4.78, 5) is 16.3. The van der Waals surface area contributed by atoms with Crippen LogP contribution in [0.1, 0.15) is 26.3 Å². The average molecular weight is 340 g/mol. The molecule has 0 saturated carbocycles. The normalized spacial score (nSPS) is 17.2. The maximum atomic E-state index is 11.9. The molecule has 6 heteroatoms. The highest BCUT2D eigenvalue weighted by molar-refractivity contribution is 6.30. The van der Waals surface area contributed by atoms with Crippen LogP contribution in [0, 0.1) is 0 Å². The summed E-state index contributed by atoms with van der Waals surface area (Å²) >= 11 is 6.04. The number of esters is 1. The highest BCUT2D eigenvalue weighted by Crippen LogP contribution is 2.18. The van der Waals surface area contributed by atoms with E-state index in [4.69, 9.17) is 22.1 Å². The summed E-state index contributed by atoms with van der Waals surface area (Å²) in [6, 6.07) is 5.66. The first-order valence-corrected chi connectivity index (χ1v) is 8.30. The molecule has 1 aliphatic rings. The van der Waals surface area contributed by atoms with Gasteiger partial charge in [-0.2, -0.15) is 0 Å². The number of benzene rings is 1. The maximum Gasteiger partial charge on any atom is 0.320 e. The summed E-state index contributed by atoms with van der Waals surface area (Å²) in [6.45, 7) is 10.4. The molecule has 1 heterocycles. The van der Waals surface area contributed by atoms with Gasteiger partial charge in [0, 0.05) is 43.4 Å². The molecule has 0 spiro atoms. The molecule has 0 atom stereocenters. The molecule has 0 bridgehead atoms. The van der Waals surface area contributed by atoms with E-state index < -0.39 is 5.60 Å². The minimum Gasteiger partial charge on any atom is -0.459 e. The predicted molar refractivity (Wildman–Crippen MR) is 93.4 cm³/mol. The fourth-order valence-corrected chi connectivity index (χ4v) is 2.95. The van der Waals surface area contributed by atoms with Crippen molar-refractivity contribution in [3.63, 3.8) is 0 Å².